The van der Waals surface area contributed by atoms with Gasteiger partial charge in [0.25, 0.3) is 23.6 Å². The smallest absolute Gasteiger partial charge is 0.255 e. The average molecular weight is 1210 g/mol. The first-order valence-electron chi connectivity index (χ1n) is 29.0. The number of aromatic nitrogens is 1. The molecule has 88 heavy (non-hydrogen) atoms. The molecule has 0 unspecified atom stereocenters. The molecule has 470 valence electrons. The van der Waals surface area contributed by atoms with Crippen LogP contribution < -0.4 is 84.8 Å². The molecule has 0 aliphatic carbocycles. The number of aromatic amines is 1. The largest absolute Gasteiger partial charge is 0.496 e. The molecular formula is C63H81N13O12. The number of methoxy groups -OCH3 is 4. The Morgan fingerprint density at radius 2 is 0.784 bits per heavy atom. The van der Waals surface area contributed by atoms with Gasteiger partial charge in [0.05, 0.1) is 56.7 Å². The first-order valence-corrected chi connectivity index (χ1v) is 29.0. The van der Waals surface area contributed by atoms with Gasteiger partial charge in [-0.05, 0) is 155 Å². The predicted molar refractivity (Wildman–Crippen MR) is 337 cm³/mol. The summed E-state index contributed by atoms with van der Waals surface area (Å²) in [4.78, 5) is 114. The minimum Gasteiger partial charge on any atom is -0.496 e. The van der Waals surface area contributed by atoms with Gasteiger partial charge in [-0.3, -0.25) is 38.4 Å². The number of H-pyrrole nitrogens is 1. The van der Waals surface area contributed by atoms with Crippen molar-refractivity contribution in [2.24, 2.45) is 28.7 Å². The van der Waals surface area contributed by atoms with Crippen molar-refractivity contribution in [2.75, 3.05) is 69.3 Å². The Kier molecular flexibility index (Phi) is 26.1. The molecule has 1 aromatic heterocycles. The van der Waals surface area contributed by atoms with E-state index >= 15 is 0 Å². The fourth-order valence-electron chi connectivity index (χ4n) is 9.77. The highest BCUT2D eigenvalue weighted by Gasteiger charge is 2.29. The van der Waals surface area contributed by atoms with E-state index in [9.17, 15) is 38.4 Å². The van der Waals surface area contributed by atoms with Crippen LogP contribution >= 0.6 is 0 Å². The molecule has 18 N–H and O–H groups in total. The summed E-state index contributed by atoms with van der Waals surface area (Å²) in [5.74, 6) is -4.62. The highest BCUT2D eigenvalue weighted by Crippen LogP contribution is 2.29. The Hall–Kier alpha value is -9.56. The number of para-hydroxylation sites is 1. The molecule has 25 heteroatoms. The van der Waals surface area contributed by atoms with E-state index in [1.165, 1.54) is 95.2 Å². The number of hydrogen-bond donors (Lipinski definition) is 13. The summed E-state index contributed by atoms with van der Waals surface area (Å²) in [5, 5.41) is 20.5. The number of rotatable bonds is 35. The Bertz CT molecular complexity index is 3410. The van der Waals surface area contributed by atoms with Crippen molar-refractivity contribution in [3.8, 4) is 23.0 Å². The molecule has 5 aromatic carbocycles. The average Bonchev–Trinajstić information content (AvgIpc) is 2.82. The van der Waals surface area contributed by atoms with E-state index in [4.69, 9.17) is 47.6 Å². The van der Waals surface area contributed by atoms with Crippen LogP contribution in [-0.4, -0.2) is 124 Å². The second-order valence-corrected chi connectivity index (χ2v) is 20.8. The molecule has 1 heterocycles. The van der Waals surface area contributed by atoms with E-state index in [1.807, 2.05) is 30.5 Å². The van der Waals surface area contributed by atoms with Crippen LogP contribution in [0, 0.1) is 0 Å². The van der Waals surface area contributed by atoms with Crippen LogP contribution in [0.15, 0.2) is 103 Å². The van der Waals surface area contributed by atoms with Crippen molar-refractivity contribution in [1.29, 1.82) is 0 Å². The highest BCUT2D eigenvalue weighted by atomic mass is 16.5. The monoisotopic (exact) mass is 1210 g/mol. The molecule has 0 aliphatic rings. The lowest BCUT2D eigenvalue weighted by Crippen LogP contribution is -2.44. The molecule has 6 aromatic rings. The molecule has 0 saturated heterocycles. The van der Waals surface area contributed by atoms with E-state index < -0.39 is 71.4 Å². The zero-order chi connectivity index (χ0) is 63.7. The zero-order valence-electron chi connectivity index (χ0n) is 50.0. The summed E-state index contributed by atoms with van der Waals surface area (Å²) < 4.78 is 21.9. The number of primary amides is 1. The van der Waals surface area contributed by atoms with Gasteiger partial charge in [-0.25, -0.2) is 0 Å². The number of hydrogen-bond acceptors (Lipinski definition) is 16. The van der Waals surface area contributed by atoms with Crippen molar-refractivity contribution in [3.05, 3.63) is 131 Å². The Balaban J connectivity index is 1.17. The lowest BCUT2D eigenvalue weighted by Gasteiger charge is -2.22. The van der Waals surface area contributed by atoms with Crippen molar-refractivity contribution >= 4 is 80.9 Å². The van der Waals surface area contributed by atoms with Crippen LogP contribution in [-0.2, 0) is 25.6 Å². The number of benzene rings is 5. The van der Waals surface area contributed by atoms with Crippen molar-refractivity contribution < 1.29 is 57.3 Å². The molecule has 0 aliphatic heterocycles. The molecule has 4 atom stereocenters. The van der Waals surface area contributed by atoms with Crippen molar-refractivity contribution in [2.45, 2.75) is 101 Å². The fourth-order valence-corrected chi connectivity index (χ4v) is 9.77. The number of ether oxygens (including phenoxy) is 4. The van der Waals surface area contributed by atoms with Gasteiger partial charge in [0.1, 0.15) is 41.1 Å². The van der Waals surface area contributed by atoms with E-state index in [1.54, 1.807) is 6.07 Å². The van der Waals surface area contributed by atoms with Gasteiger partial charge in [0.2, 0.25) is 23.6 Å². The summed E-state index contributed by atoms with van der Waals surface area (Å²) in [6.07, 6.45) is 7.28. The topological polar surface area (TPSA) is 404 Å². The minimum atomic E-state index is -1.16. The molecule has 0 spiro atoms. The second-order valence-electron chi connectivity index (χ2n) is 20.8. The normalized spacial score (nSPS) is 12.3. The van der Waals surface area contributed by atoms with E-state index in [-0.39, 0.29) is 93.7 Å². The SMILES string of the molecule is COc1ccc(NC(=O)[C@H](CCCCCN)NC(=O)c2cc(NC(=O)[C@H](CCCCCN)NC(=O)c3cc(NC(=O)[C@H](CCCCN)NC(=O)c4cc(NC(=O)[C@@H](N)Cc5c[nH]c6ccccc56)ccc4OC)ccc3OC)ccc2OC)cc1C(N)=O. The number of fused-ring (bicyclic) bond motifs is 1. The van der Waals surface area contributed by atoms with Crippen LogP contribution in [0.5, 0.6) is 23.0 Å². The number of carbonyl (C=O) groups excluding carboxylic acids is 8. The third-order valence-corrected chi connectivity index (χ3v) is 14.5. The van der Waals surface area contributed by atoms with Gasteiger partial charge in [0, 0.05) is 39.8 Å². The number of carbonyl (C=O) groups is 8. The van der Waals surface area contributed by atoms with Gasteiger partial charge in [-0.2, -0.15) is 0 Å². The van der Waals surface area contributed by atoms with Crippen LogP contribution in [0.1, 0.15) is 118 Å². The first kappa shape index (κ1) is 67.6. The standard InChI is InChI=1S/C63H81N13O12/c1-85-52-24-20-38(32-43(52)56(68)77)71-61(82)49(17-7-5-12-28-64)74-58(79)45-34-40(22-26-54(45)87-3)72-62(83)50(18-8-6-13-29-65)75-59(80)46-35-41(23-27-55(46)88-4)73-63(84)51(19-11-14-30-66)76-57(78)44-33-39(21-25-53(44)86-2)70-60(81)47(67)31-37-36-69-48-16-10-9-15-42(37)48/h9-10,15-16,20-27,32-36,47,49-51,69H,5-8,11-14,17-19,28-31,64-67H2,1-4H3,(H2,68,77)(H,70,81)(H,71,82)(H,72,83)(H,73,84)(H,74,79)(H,75,80)(H,76,78)/t47-,49-,50-,51-/m0/s1. The van der Waals surface area contributed by atoms with Gasteiger partial charge in [0.15, 0.2) is 0 Å². The number of nitrogens with two attached hydrogens (primary N) is 5. The van der Waals surface area contributed by atoms with Crippen LogP contribution in [0.25, 0.3) is 10.9 Å². The van der Waals surface area contributed by atoms with Gasteiger partial charge >= 0.3 is 0 Å². The number of amides is 8. The number of unbranched alkanes of at least 4 members (excludes halogenated alkanes) is 5. The van der Waals surface area contributed by atoms with Crippen LogP contribution in [0.4, 0.5) is 22.7 Å². The van der Waals surface area contributed by atoms with E-state index in [0.717, 1.165) is 16.5 Å². The zero-order valence-corrected chi connectivity index (χ0v) is 50.0. The van der Waals surface area contributed by atoms with Gasteiger partial charge in [-0.1, -0.05) is 43.9 Å². The molecule has 0 saturated carbocycles. The van der Waals surface area contributed by atoms with E-state index in [2.05, 4.69) is 42.2 Å². The highest BCUT2D eigenvalue weighted by molar-refractivity contribution is 6.08. The summed E-state index contributed by atoms with van der Waals surface area (Å²) in [6.45, 7) is 1.18. The van der Waals surface area contributed by atoms with Crippen molar-refractivity contribution in [3.63, 3.8) is 0 Å². The Morgan fingerprint density at radius 3 is 1.16 bits per heavy atom. The maximum atomic E-state index is 14.4. The van der Waals surface area contributed by atoms with Crippen molar-refractivity contribution in [1.82, 2.24) is 20.9 Å². The molecule has 0 bridgehead atoms. The third kappa shape index (κ3) is 19.0. The molecule has 6 rings (SSSR count). The summed E-state index contributed by atoms with van der Waals surface area (Å²) >= 11 is 0. The van der Waals surface area contributed by atoms with Crippen LogP contribution in [0.3, 0.4) is 0 Å². The maximum Gasteiger partial charge on any atom is 0.255 e. The lowest BCUT2D eigenvalue weighted by atomic mass is 10.0. The lowest BCUT2D eigenvalue weighted by molar-refractivity contribution is -0.118. The minimum absolute atomic E-state index is 0.0238. The van der Waals surface area contributed by atoms with Gasteiger partial charge < -0.3 is 89.8 Å². The second kappa shape index (κ2) is 34.0. The van der Waals surface area contributed by atoms with E-state index in [0.29, 0.717) is 71.0 Å². The summed E-state index contributed by atoms with van der Waals surface area (Å²) in [5.41, 5.74) is 31.8. The third-order valence-electron chi connectivity index (χ3n) is 14.5. The Morgan fingerprint density at radius 1 is 0.443 bits per heavy atom. The van der Waals surface area contributed by atoms with Gasteiger partial charge in [-0.15, -0.1) is 0 Å². The molecule has 0 radical (unpaired) electrons. The molecule has 25 nitrogen and oxygen atoms in total. The molecule has 0 fully saturated rings. The summed E-state index contributed by atoms with van der Waals surface area (Å²) in [7, 11) is 5.47. The number of anilines is 4. The fraction of sp³-hybridized carbons (Fsp3) is 0.365. The molecule has 8 amide bonds. The maximum absolute atomic E-state index is 14.4. The molecular weight excluding hydrogens is 1130 g/mol. The first-order chi connectivity index (χ1) is 42.4. The van der Waals surface area contributed by atoms with Crippen LogP contribution in [0.2, 0.25) is 0 Å². The quantitative estimate of drug-likeness (QED) is 0.0228. The Labute approximate surface area is 510 Å². The number of nitrogens with one attached hydrogen (secondary N) is 8. The predicted octanol–water partition coefficient (Wildman–Crippen LogP) is 5.19. The summed E-state index contributed by atoms with van der Waals surface area (Å²) in [6, 6.07) is 21.0.